The quantitative estimate of drug-likeness (QED) is 0.449. The predicted octanol–water partition coefficient (Wildman–Crippen LogP) is 4.01. The van der Waals surface area contributed by atoms with Crippen LogP contribution >= 0.6 is 0 Å². The molecule has 0 aromatic heterocycles. The zero-order valence-corrected chi connectivity index (χ0v) is 17.4. The summed E-state index contributed by atoms with van der Waals surface area (Å²) in [7, 11) is 0. The number of carbonyl (C=O) groups is 3. The first-order valence-corrected chi connectivity index (χ1v) is 10.3. The van der Waals surface area contributed by atoms with Crippen LogP contribution in [-0.4, -0.2) is 42.6 Å². The van der Waals surface area contributed by atoms with Gasteiger partial charge in [-0.15, -0.1) is 6.58 Å². The molecule has 6 nitrogen and oxygen atoms in total. The maximum atomic E-state index is 12.6. The summed E-state index contributed by atoms with van der Waals surface area (Å²) in [5, 5.41) is 0. The standard InChI is InChI=1S/C25H26O6/c1-3-10-21-23(26)17(2)22(31-21)15-20(30-25(28)19-13-8-5-9-14-19)16-29-24(27)18-11-6-4-7-12-18/h3-9,11-14,17,20-22H,1,10,15-16H2,2H3/t17-,20-,21-,22+/m0/s1. The maximum Gasteiger partial charge on any atom is 0.338 e. The van der Waals surface area contributed by atoms with E-state index in [1.54, 1.807) is 73.7 Å². The Balaban J connectivity index is 1.69. The number of rotatable bonds is 9. The second kappa shape index (κ2) is 10.7. The fourth-order valence-electron chi connectivity index (χ4n) is 3.48. The first-order chi connectivity index (χ1) is 15.0. The number of hydrogen-bond donors (Lipinski definition) is 0. The van der Waals surface area contributed by atoms with E-state index in [1.807, 2.05) is 0 Å². The second-order valence-electron chi connectivity index (χ2n) is 7.47. The van der Waals surface area contributed by atoms with Crippen molar-refractivity contribution >= 4 is 17.7 Å². The lowest BCUT2D eigenvalue weighted by atomic mass is 9.95. The highest BCUT2D eigenvalue weighted by atomic mass is 16.6. The predicted molar refractivity (Wildman–Crippen MR) is 115 cm³/mol. The molecule has 1 aliphatic heterocycles. The van der Waals surface area contributed by atoms with Crippen molar-refractivity contribution in [2.45, 2.75) is 38.1 Å². The minimum absolute atomic E-state index is 0.000633. The van der Waals surface area contributed by atoms with Gasteiger partial charge in [0.2, 0.25) is 0 Å². The van der Waals surface area contributed by atoms with Crippen molar-refractivity contribution in [1.29, 1.82) is 0 Å². The summed E-state index contributed by atoms with van der Waals surface area (Å²) in [6.45, 7) is 5.32. The molecule has 0 spiro atoms. The fourth-order valence-corrected chi connectivity index (χ4v) is 3.48. The van der Waals surface area contributed by atoms with E-state index in [0.717, 1.165) is 0 Å². The largest absolute Gasteiger partial charge is 0.458 e. The van der Waals surface area contributed by atoms with Crippen LogP contribution in [-0.2, 0) is 19.0 Å². The minimum atomic E-state index is -0.761. The third-order valence-corrected chi connectivity index (χ3v) is 5.23. The Hall–Kier alpha value is -3.25. The van der Waals surface area contributed by atoms with Crippen molar-refractivity contribution in [3.8, 4) is 0 Å². The highest BCUT2D eigenvalue weighted by Crippen LogP contribution is 2.29. The summed E-state index contributed by atoms with van der Waals surface area (Å²) in [5.41, 5.74) is 0.797. The van der Waals surface area contributed by atoms with Crippen LogP contribution in [0.1, 0.15) is 40.5 Å². The van der Waals surface area contributed by atoms with Crippen LogP contribution in [0.25, 0.3) is 0 Å². The van der Waals surface area contributed by atoms with Gasteiger partial charge in [0.05, 0.1) is 17.2 Å². The van der Waals surface area contributed by atoms with Gasteiger partial charge in [-0.2, -0.15) is 0 Å². The van der Waals surface area contributed by atoms with E-state index in [2.05, 4.69) is 6.58 Å². The maximum absolute atomic E-state index is 12.6. The van der Waals surface area contributed by atoms with Gasteiger partial charge in [0.1, 0.15) is 18.8 Å². The molecule has 31 heavy (non-hydrogen) atoms. The highest BCUT2D eigenvalue weighted by molar-refractivity contribution is 5.90. The average Bonchev–Trinajstić information content (AvgIpc) is 3.06. The number of carbonyl (C=O) groups excluding carboxylic acids is 3. The van der Waals surface area contributed by atoms with Crippen LogP contribution < -0.4 is 0 Å². The molecule has 0 radical (unpaired) electrons. The number of Topliss-reactive ketones (excluding diaryl/α,β-unsaturated/α-hetero) is 1. The molecular weight excluding hydrogens is 396 g/mol. The summed E-state index contributed by atoms with van der Waals surface area (Å²) >= 11 is 0. The molecule has 0 aliphatic carbocycles. The molecule has 0 saturated carbocycles. The molecular formula is C25H26O6. The van der Waals surface area contributed by atoms with E-state index >= 15 is 0 Å². The zero-order valence-electron chi connectivity index (χ0n) is 17.4. The first-order valence-electron chi connectivity index (χ1n) is 10.3. The average molecular weight is 422 g/mol. The van der Waals surface area contributed by atoms with E-state index in [4.69, 9.17) is 14.2 Å². The van der Waals surface area contributed by atoms with Gasteiger partial charge in [0.25, 0.3) is 0 Å². The van der Waals surface area contributed by atoms with Gasteiger partial charge in [0, 0.05) is 12.3 Å². The molecule has 162 valence electrons. The number of hydrogen-bond acceptors (Lipinski definition) is 6. The lowest BCUT2D eigenvalue weighted by Crippen LogP contribution is -2.31. The van der Waals surface area contributed by atoms with Gasteiger partial charge in [-0.05, 0) is 30.7 Å². The van der Waals surface area contributed by atoms with Gasteiger partial charge in [-0.1, -0.05) is 49.4 Å². The summed E-state index contributed by atoms with van der Waals surface area (Å²) < 4.78 is 16.9. The lowest BCUT2D eigenvalue weighted by molar-refractivity contribution is -0.124. The van der Waals surface area contributed by atoms with Crippen molar-refractivity contribution in [3.05, 3.63) is 84.4 Å². The Kier molecular flexibility index (Phi) is 7.73. The Labute approximate surface area is 181 Å². The van der Waals surface area contributed by atoms with Crippen molar-refractivity contribution in [2.75, 3.05) is 6.61 Å². The van der Waals surface area contributed by atoms with Gasteiger partial charge >= 0.3 is 11.9 Å². The monoisotopic (exact) mass is 422 g/mol. The summed E-state index contributed by atoms with van der Waals surface area (Å²) in [6.07, 6.45) is 0.560. The molecule has 2 aromatic carbocycles. The van der Waals surface area contributed by atoms with Crippen molar-refractivity contribution in [2.24, 2.45) is 5.92 Å². The fraction of sp³-hybridized carbons (Fsp3) is 0.320. The molecule has 1 aliphatic rings. The summed E-state index contributed by atoms with van der Waals surface area (Å²) in [5.74, 6) is -1.39. The summed E-state index contributed by atoms with van der Waals surface area (Å²) in [6, 6.07) is 17.1. The lowest BCUT2D eigenvalue weighted by Gasteiger charge is -2.22. The smallest absolute Gasteiger partial charge is 0.338 e. The molecule has 0 N–H and O–H groups in total. The van der Waals surface area contributed by atoms with Crippen LogP contribution in [0.4, 0.5) is 0 Å². The Morgan fingerprint density at radius 1 is 1.03 bits per heavy atom. The van der Waals surface area contributed by atoms with Crippen LogP contribution in [0.3, 0.4) is 0 Å². The van der Waals surface area contributed by atoms with Gasteiger partial charge in [-0.3, -0.25) is 4.79 Å². The molecule has 1 heterocycles. The Morgan fingerprint density at radius 2 is 1.61 bits per heavy atom. The number of ketones is 1. The molecule has 4 atom stereocenters. The minimum Gasteiger partial charge on any atom is -0.458 e. The Bertz CT molecular complexity index is 908. The van der Waals surface area contributed by atoms with Crippen molar-refractivity contribution in [3.63, 3.8) is 0 Å². The van der Waals surface area contributed by atoms with Gasteiger partial charge < -0.3 is 14.2 Å². The van der Waals surface area contributed by atoms with E-state index in [9.17, 15) is 14.4 Å². The summed E-state index contributed by atoms with van der Waals surface area (Å²) in [4.78, 5) is 37.3. The zero-order chi connectivity index (χ0) is 22.2. The molecule has 1 saturated heterocycles. The third kappa shape index (κ3) is 5.89. The van der Waals surface area contributed by atoms with Crippen LogP contribution in [0.2, 0.25) is 0 Å². The number of esters is 2. The SMILES string of the molecule is C=CC[C@@H]1O[C@H](C[C@@H](COC(=O)c2ccccc2)OC(=O)c2ccccc2)[C@H](C)C1=O. The van der Waals surface area contributed by atoms with E-state index < -0.39 is 30.3 Å². The number of ether oxygens (including phenoxy) is 3. The molecule has 0 bridgehead atoms. The van der Waals surface area contributed by atoms with Crippen LogP contribution in [0.5, 0.6) is 0 Å². The molecule has 1 fully saturated rings. The topological polar surface area (TPSA) is 78.9 Å². The van der Waals surface area contributed by atoms with Crippen LogP contribution in [0.15, 0.2) is 73.3 Å². The molecule has 2 aromatic rings. The first kappa shape index (κ1) is 22.4. The van der Waals surface area contributed by atoms with Crippen LogP contribution in [0, 0.1) is 5.92 Å². The molecule has 6 heteroatoms. The molecule has 3 rings (SSSR count). The third-order valence-electron chi connectivity index (χ3n) is 5.23. The second-order valence-corrected chi connectivity index (χ2v) is 7.47. The molecule has 0 unspecified atom stereocenters. The van der Waals surface area contributed by atoms with E-state index in [-0.39, 0.29) is 24.7 Å². The van der Waals surface area contributed by atoms with Gasteiger partial charge in [0.15, 0.2) is 5.78 Å². The van der Waals surface area contributed by atoms with Gasteiger partial charge in [-0.25, -0.2) is 9.59 Å². The number of benzene rings is 2. The van der Waals surface area contributed by atoms with Crippen molar-refractivity contribution in [1.82, 2.24) is 0 Å². The van der Waals surface area contributed by atoms with Crippen molar-refractivity contribution < 1.29 is 28.6 Å². The Morgan fingerprint density at radius 3 is 2.19 bits per heavy atom. The van der Waals surface area contributed by atoms with E-state index in [0.29, 0.717) is 17.5 Å². The van der Waals surface area contributed by atoms with E-state index in [1.165, 1.54) is 0 Å². The normalized spacial score (nSPS) is 21.3. The molecule has 0 amide bonds. The highest BCUT2D eigenvalue weighted by Gasteiger charge is 2.41.